The molecule has 0 fully saturated rings. The van der Waals surface area contributed by atoms with Crippen molar-refractivity contribution in [3.63, 3.8) is 0 Å². The van der Waals surface area contributed by atoms with Crippen LogP contribution in [0.5, 0.6) is 11.5 Å². The second-order valence-corrected chi connectivity index (χ2v) is 5.11. The monoisotopic (exact) mass is 300 g/mol. The van der Waals surface area contributed by atoms with Gasteiger partial charge in [-0.1, -0.05) is 30.3 Å². The highest BCUT2D eigenvalue weighted by atomic mass is 32.1. The van der Waals surface area contributed by atoms with Gasteiger partial charge >= 0.3 is 0 Å². The molecule has 0 aliphatic carbocycles. The van der Waals surface area contributed by atoms with Gasteiger partial charge in [0.25, 0.3) is 0 Å². The van der Waals surface area contributed by atoms with Crippen LogP contribution in [-0.2, 0) is 0 Å². The van der Waals surface area contributed by atoms with Gasteiger partial charge in [0.2, 0.25) is 0 Å². The fraction of sp³-hybridized carbons (Fsp3) is 0.188. The summed E-state index contributed by atoms with van der Waals surface area (Å²) in [6.07, 6.45) is 0. The first-order valence-corrected chi connectivity index (χ1v) is 7.11. The molecule has 0 unspecified atom stereocenters. The van der Waals surface area contributed by atoms with Crippen molar-refractivity contribution in [2.24, 2.45) is 0 Å². The first-order valence-electron chi connectivity index (χ1n) is 6.70. The lowest BCUT2D eigenvalue weighted by atomic mass is 10.1. The molecule has 0 bridgehead atoms. The Labute approximate surface area is 129 Å². The Hall–Kier alpha value is -2.27. The van der Waals surface area contributed by atoms with Crippen LogP contribution in [0, 0.1) is 0 Å². The van der Waals surface area contributed by atoms with Crippen LogP contribution >= 0.6 is 12.2 Å². The van der Waals surface area contributed by atoms with E-state index in [2.05, 4.69) is 10.6 Å². The number of benzene rings is 2. The Balaban J connectivity index is 1.68. The number of hydrogen-bond donors (Lipinski definition) is 2. The van der Waals surface area contributed by atoms with E-state index in [4.69, 9.17) is 21.7 Å². The number of rotatable bonds is 3. The minimum absolute atomic E-state index is 0.0657. The van der Waals surface area contributed by atoms with E-state index in [0.717, 1.165) is 22.7 Å². The summed E-state index contributed by atoms with van der Waals surface area (Å²) < 4.78 is 10.9. The smallest absolute Gasteiger partial charge is 0.171 e. The third kappa shape index (κ3) is 2.92. The topological polar surface area (TPSA) is 42.5 Å². The molecule has 21 heavy (non-hydrogen) atoms. The van der Waals surface area contributed by atoms with Crippen LogP contribution in [0.3, 0.4) is 0 Å². The normalized spacial score (nSPS) is 15.8. The number of ether oxygens (including phenoxy) is 2. The van der Waals surface area contributed by atoms with Crippen molar-refractivity contribution in [2.45, 2.75) is 6.04 Å². The molecule has 1 aliphatic heterocycles. The van der Waals surface area contributed by atoms with Crippen molar-refractivity contribution in [3.05, 3.63) is 54.1 Å². The molecule has 1 aliphatic rings. The highest BCUT2D eigenvalue weighted by molar-refractivity contribution is 7.80. The van der Waals surface area contributed by atoms with Crippen molar-refractivity contribution in [2.75, 3.05) is 19.0 Å². The van der Waals surface area contributed by atoms with Gasteiger partial charge < -0.3 is 20.1 Å². The predicted molar refractivity (Wildman–Crippen MR) is 87.0 cm³/mol. The van der Waals surface area contributed by atoms with Gasteiger partial charge in [0.15, 0.2) is 5.11 Å². The van der Waals surface area contributed by atoms with E-state index in [-0.39, 0.29) is 6.04 Å². The van der Waals surface area contributed by atoms with Gasteiger partial charge in [-0.15, -0.1) is 0 Å². The Morgan fingerprint density at radius 3 is 2.81 bits per heavy atom. The van der Waals surface area contributed by atoms with Crippen LogP contribution < -0.4 is 20.1 Å². The van der Waals surface area contributed by atoms with Gasteiger partial charge in [-0.25, -0.2) is 0 Å². The molecule has 0 radical (unpaired) electrons. The zero-order chi connectivity index (χ0) is 14.7. The second-order valence-electron chi connectivity index (χ2n) is 4.70. The molecule has 108 valence electrons. The summed E-state index contributed by atoms with van der Waals surface area (Å²) in [6.45, 7) is 0.576. The van der Waals surface area contributed by atoms with E-state index in [1.165, 1.54) is 0 Å². The van der Waals surface area contributed by atoms with Crippen molar-refractivity contribution in [1.82, 2.24) is 5.32 Å². The van der Waals surface area contributed by atoms with E-state index in [0.29, 0.717) is 11.7 Å². The van der Waals surface area contributed by atoms with Crippen molar-refractivity contribution in [1.29, 1.82) is 0 Å². The van der Waals surface area contributed by atoms with Crippen molar-refractivity contribution >= 4 is 23.0 Å². The molecule has 0 aromatic heterocycles. The van der Waals surface area contributed by atoms with Crippen LogP contribution in [0.4, 0.5) is 5.69 Å². The van der Waals surface area contributed by atoms with Crippen molar-refractivity contribution < 1.29 is 9.47 Å². The first kappa shape index (κ1) is 13.7. The quantitative estimate of drug-likeness (QED) is 0.853. The zero-order valence-electron chi connectivity index (χ0n) is 11.6. The summed E-state index contributed by atoms with van der Waals surface area (Å²) in [5, 5.41) is 6.98. The average Bonchev–Trinajstić information content (AvgIpc) is 2.91. The number of anilines is 1. The SMILES string of the molecule is COc1ccccc1NC(=S)N[C@H]1COc2ccccc21. The summed E-state index contributed by atoms with van der Waals surface area (Å²) in [5.41, 5.74) is 1.96. The van der Waals surface area contributed by atoms with Gasteiger partial charge in [0, 0.05) is 5.56 Å². The number of methoxy groups -OCH3 is 1. The van der Waals surface area contributed by atoms with E-state index in [1.807, 2.05) is 48.5 Å². The number of fused-ring (bicyclic) bond motifs is 1. The second kappa shape index (κ2) is 6.01. The summed E-state index contributed by atoms with van der Waals surface area (Å²) in [5.74, 6) is 1.67. The van der Waals surface area contributed by atoms with E-state index in [1.54, 1.807) is 7.11 Å². The third-order valence-electron chi connectivity index (χ3n) is 3.36. The maximum absolute atomic E-state index is 5.63. The number of nitrogens with one attached hydrogen (secondary N) is 2. The summed E-state index contributed by atoms with van der Waals surface area (Å²) in [4.78, 5) is 0. The lowest BCUT2D eigenvalue weighted by Gasteiger charge is -2.16. The predicted octanol–water partition coefficient (Wildman–Crippen LogP) is 3.12. The van der Waals surface area contributed by atoms with Gasteiger partial charge in [-0.05, 0) is 30.4 Å². The van der Waals surface area contributed by atoms with Gasteiger partial charge in [-0.3, -0.25) is 0 Å². The molecule has 2 N–H and O–H groups in total. The highest BCUT2D eigenvalue weighted by Gasteiger charge is 2.24. The highest BCUT2D eigenvalue weighted by Crippen LogP contribution is 2.31. The lowest BCUT2D eigenvalue weighted by Crippen LogP contribution is -2.33. The minimum Gasteiger partial charge on any atom is -0.495 e. The number of hydrogen-bond acceptors (Lipinski definition) is 3. The first-order chi connectivity index (χ1) is 10.3. The summed E-state index contributed by atoms with van der Waals surface area (Å²) in [6, 6.07) is 15.7. The average molecular weight is 300 g/mol. The van der Waals surface area contributed by atoms with E-state index >= 15 is 0 Å². The fourth-order valence-electron chi connectivity index (χ4n) is 2.35. The molecule has 2 aromatic rings. The lowest BCUT2D eigenvalue weighted by molar-refractivity contribution is 0.325. The molecule has 0 amide bonds. The molecule has 1 atom stereocenters. The van der Waals surface area contributed by atoms with Crippen LogP contribution in [0.15, 0.2) is 48.5 Å². The number of thiocarbonyl (C=S) groups is 1. The fourth-order valence-corrected chi connectivity index (χ4v) is 2.60. The van der Waals surface area contributed by atoms with Crippen LogP contribution in [0.1, 0.15) is 11.6 Å². The molecule has 3 rings (SSSR count). The molecule has 0 spiro atoms. The Bertz CT molecular complexity index is 660. The minimum atomic E-state index is 0.0657. The van der Waals surface area contributed by atoms with Gasteiger partial charge in [0.1, 0.15) is 18.1 Å². The van der Waals surface area contributed by atoms with Crippen molar-refractivity contribution in [3.8, 4) is 11.5 Å². The largest absolute Gasteiger partial charge is 0.495 e. The van der Waals surface area contributed by atoms with E-state index < -0.39 is 0 Å². The van der Waals surface area contributed by atoms with Crippen LogP contribution in [0.2, 0.25) is 0 Å². The summed E-state index contributed by atoms with van der Waals surface area (Å²) in [7, 11) is 1.64. The molecule has 1 heterocycles. The Morgan fingerprint density at radius 2 is 1.95 bits per heavy atom. The maximum atomic E-state index is 5.63. The molecular weight excluding hydrogens is 284 g/mol. The summed E-state index contributed by atoms with van der Waals surface area (Å²) >= 11 is 5.38. The van der Waals surface area contributed by atoms with Gasteiger partial charge in [0.05, 0.1) is 18.8 Å². The standard InChI is InChI=1S/C16H16N2O2S/c1-19-15-9-5-3-7-12(15)17-16(21)18-13-10-20-14-8-4-2-6-11(13)14/h2-9,13H,10H2,1H3,(H2,17,18,21)/t13-/m0/s1. The Morgan fingerprint density at radius 1 is 1.19 bits per heavy atom. The number of para-hydroxylation sites is 3. The molecule has 2 aromatic carbocycles. The van der Waals surface area contributed by atoms with Gasteiger partial charge in [-0.2, -0.15) is 0 Å². The van der Waals surface area contributed by atoms with Crippen LogP contribution in [0.25, 0.3) is 0 Å². The molecule has 5 heteroatoms. The molecule has 0 saturated heterocycles. The van der Waals surface area contributed by atoms with Crippen LogP contribution in [-0.4, -0.2) is 18.8 Å². The Kier molecular flexibility index (Phi) is 3.92. The maximum Gasteiger partial charge on any atom is 0.171 e. The molecule has 0 saturated carbocycles. The molecular formula is C16H16N2O2S. The zero-order valence-corrected chi connectivity index (χ0v) is 12.4. The third-order valence-corrected chi connectivity index (χ3v) is 3.58. The molecule has 4 nitrogen and oxygen atoms in total. The van der Waals surface area contributed by atoms with E-state index in [9.17, 15) is 0 Å².